The molecule has 1 saturated carbocycles. The summed E-state index contributed by atoms with van der Waals surface area (Å²) in [5.41, 5.74) is 1.33. The van der Waals surface area contributed by atoms with Crippen LogP contribution in [-0.4, -0.2) is 65.5 Å². The fourth-order valence-electron chi connectivity index (χ4n) is 3.35. The van der Waals surface area contributed by atoms with Gasteiger partial charge in [0.25, 0.3) is 0 Å². The van der Waals surface area contributed by atoms with E-state index in [1.807, 2.05) is 6.20 Å². The van der Waals surface area contributed by atoms with Crippen LogP contribution in [0.5, 0.6) is 0 Å². The number of nitrogens with zero attached hydrogens (tertiary/aromatic N) is 4. The molecule has 2 fully saturated rings. The van der Waals surface area contributed by atoms with Gasteiger partial charge in [-0.05, 0) is 31.7 Å². The lowest BCUT2D eigenvalue weighted by Gasteiger charge is -2.34. The van der Waals surface area contributed by atoms with E-state index >= 15 is 0 Å². The van der Waals surface area contributed by atoms with Crippen molar-refractivity contribution in [3.05, 3.63) is 18.0 Å². The molecular formula is C18H32N4O. The van der Waals surface area contributed by atoms with Crippen LogP contribution in [0.4, 0.5) is 0 Å². The van der Waals surface area contributed by atoms with Gasteiger partial charge < -0.3 is 9.64 Å². The molecular weight excluding hydrogens is 288 g/mol. The maximum Gasteiger partial charge on any atom is 0.0829 e. The molecule has 1 aromatic rings. The molecule has 0 amide bonds. The predicted octanol–water partition coefficient (Wildman–Crippen LogP) is 2.08. The van der Waals surface area contributed by atoms with Crippen LogP contribution >= 0.6 is 0 Å². The van der Waals surface area contributed by atoms with Crippen molar-refractivity contribution < 1.29 is 4.74 Å². The molecule has 0 aromatic carbocycles. The third kappa shape index (κ3) is 5.59. The number of aromatic nitrogens is 2. The van der Waals surface area contributed by atoms with Crippen molar-refractivity contribution in [1.82, 2.24) is 19.6 Å². The summed E-state index contributed by atoms with van der Waals surface area (Å²) in [5.74, 6) is 1.54. The minimum Gasteiger partial charge on any atom is -0.374 e. The van der Waals surface area contributed by atoms with Crippen molar-refractivity contribution in [1.29, 1.82) is 0 Å². The highest BCUT2D eigenvalue weighted by atomic mass is 16.5. The number of ether oxygens (including phenoxy) is 1. The molecule has 130 valence electrons. The fourth-order valence-corrected chi connectivity index (χ4v) is 3.35. The SMILES string of the molecule is CC(C)Cn1cc(CN(CC2CC2)CC2CN(C)CCO2)cn1. The van der Waals surface area contributed by atoms with Gasteiger partial charge in [-0.3, -0.25) is 9.58 Å². The van der Waals surface area contributed by atoms with E-state index in [0.717, 1.165) is 45.2 Å². The van der Waals surface area contributed by atoms with Gasteiger partial charge in [-0.25, -0.2) is 0 Å². The van der Waals surface area contributed by atoms with E-state index < -0.39 is 0 Å². The quantitative estimate of drug-likeness (QED) is 0.734. The van der Waals surface area contributed by atoms with Crippen molar-refractivity contribution >= 4 is 0 Å². The van der Waals surface area contributed by atoms with E-state index in [-0.39, 0.29) is 0 Å². The fraction of sp³-hybridized carbons (Fsp3) is 0.833. The van der Waals surface area contributed by atoms with E-state index in [9.17, 15) is 0 Å². The van der Waals surface area contributed by atoms with Crippen molar-refractivity contribution in [3.63, 3.8) is 0 Å². The number of morpholine rings is 1. The van der Waals surface area contributed by atoms with Gasteiger partial charge in [-0.2, -0.15) is 5.10 Å². The monoisotopic (exact) mass is 320 g/mol. The van der Waals surface area contributed by atoms with Crippen LogP contribution in [-0.2, 0) is 17.8 Å². The van der Waals surface area contributed by atoms with Crippen molar-refractivity contribution in [2.75, 3.05) is 39.8 Å². The van der Waals surface area contributed by atoms with Crippen molar-refractivity contribution in [3.8, 4) is 0 Å². The average molecular weight is 320 g/mol. The molecule has 1 aromatic heterocycles. The largest absolute Gasteiger partial charge is 0.374 e. The third-order valence-corrected chi connectivity index (χ3v) is 4.66. The van der Waals surface area contributed by atoms with Crippen LogP contribution in [0.3, 0.4) is 0 Å². The van der Waals surface area contributed by atoms with Gasteiger partial charge in [-0.1, -0.05) is 13.8 Å². The summed E-state index contributed by atoms with van der Waals surface area (Å²) < 4.78 is 8.06. The van der Waals surface area contributed by atoms with Gasteiger partial charge in [0.1, 0.15) is 0 Å². The van der Waals surface area contributed by atoms with Crippen LogP contribution in [0.25, 0.3) is 0 Å². The summed E-state index contributed by atoms with van der Waals surface area (Å²) in [6, 6.07) is 0. The molecule has 0 radical (unpaired) electrons. The molecule has 1 unspecified atom stereocenters. The number of likely N-dealkylation sites (N-methyl/N-ethyl adjacent to an activating group) is 1. The van der Waals surface area contributed by atoms with Gasteiger partial charge in [0, 0.05) is 51.0 Å². The number of hydrogen-bond acceptors (Lipinski definition) is 4. The molecule has 0 spiro atoms. The van der Waals surface area contributed by atoms with Crippen LogP contribution < -0.4 is 0 Å². The Labute approximate surface area is 140 Å². The Morgan fingerprint density at radius 3 is 2.87 bits per heavy atom. The second-order valence-electron chi connectivity index (χ2n) is 7.86. The maximum absolute atomic E-state index is 5.97. The Hall–Kier alpha value is -0.910. The Kier molecular flexibility index (Phi) is 5.72. The first-order valence-electron chi connectivity index (χ1n) is 9.12. The van der Waals surface area contributed by atoms with E-state index in [1.54, 1.807) is 0 Å². The zero-order valence-corrected chi connectivity index (χ0v) is 14.9. The summed E-state index contributed by atoms with van der Waals surface area (Å²) in [6.45, 7) is 11.7. The lowest BCUT2D eigenvalue weighted by atomic mass is 10.2. The molecule has 5 heteroatoms. The molecule has 5 nitrogen and oxygen atoms in total. The second-order valence-corrected chi connectivity index (χ2v) is 7.86. The highest BCUT2D eigenvalue weighted by molar-refractivity contribution is 5.04. The minimum atomic E-state index is 0.346. The molecule has 1 atom stereocenters. The van der Waals surface area contributed by atoms with Gasteiger partial charge in [0.05, 0.1) is 18.9 Å². The van der Waals surface area contributed by atoms with Gasteiger partial charge >= 0.3 is 0 Å². The van der Waals surface area contributed by atoms with Gasteiger partial charge in [0.2, 0.25) is 0 Å². The summed E-state index contributed by atoms with van der Waals surface area (Å²) in [4.78, 5) is 4.96. The Morgan fingerprint density at radius 2 is 2.17 bits per heavy atom. The lowest BCUT2D eigenvalue weighted by Crippen LogP contribution is -2.46. The van der Waals surface area contributed by atoms with Gasteiger partial charge in [0.15, 0.2) is 0 Å². The van der Waals surface area contributed by atoms with Crippen LogP contribution in [0, 0.1) is 11.8 Å². The second kappa shape index (κ2) is 7.77. The van der Waals surface area contributed by atoms with Crippen molar-refractivity contribution in [2.45, 2.75) is 45.9 Å². The molecule has 2 aliphatic rings. The summed E-state index contributed by atoms with van der Waals surface area (Å²) >= 11 is 0. The standard InChI is InChI=1S/C18H32N4O/c1-15(2)9-22-12-17(8-19-22)11-21(10-16-4-5-16)14-18-13-20(3)6-7-23-18/h8,12,15-16,18H,4-7,9-11,13-14H2,1-3H3. The Bertz CT molecular complexity index is 483. The first-order chi connectivity index (χ1) is 11.1. The Balaban J connectivity index is 1.56. The molecule has 2 heterocycles. The van der Waals surface area contributed by atoms with E-state index in [1.165, 1.54) is 24.9 Å². The number of rotatable bonds is 8. The normalized spacial score (nSPS) is 23.1. The first kappa shape index (κ1) is 16.9. The zero-order chi connectivity index (χ0) is 16.2. The molecule has 1 saturated heterocycles. The Morgan fingerprint density at radius 1 is 1.35 bits per heavy atom. The third-order valence-electron chi connectivity index (χ3n) is 4.66. The number of hydrogen-bond donors (Lipinski definition) is 0. The molecule has 23 heavy (non-hydrogen) atoms. The molecule has 3 rings (SSSR count). The molecule has 1 aliphatic heterocycles. The lowest BCUT2D eigenvalue weighted by molar-refractivity contribution is -0.0372. The topological polar surface area (TPSA) is 33.5 Å². The molecule has 1 aliphatic carbocycles. The summed E-state index contributed by atoms with van der Waals surface area (Å²) in [7, 11) is 2.19. The highest BCUT2D eigenvalue weighted by Gasteiger charge is 2.27. The van der Waals surface area contributed by atoms with Crippen molar-refractivity contribution in [2.24, 2.45) is 11.8 Å². The van der Waals surface area contributed by atoms with Crippen LogP contribution in [0.15, 0.2) is 12.4 Å². The summed E-state index contributed by atoms with van der Waals surface area (Å²) in [5, 5.41) is 4.51. The van der Waals surface area contributed by atoms with Crippen LogP contribution in [0.2, 0.25) is 0 Å². The van der Waals surface area contributed by atoms with Gasteiger partial charge in [-0.15, -0.1) is 0 Å². The molecule has 0 N–H and O–H groups in total. The summed E-state index contributed by atoms with van der Waals surface area (Å²) in [6.07, 6.45) is 7.39. The average Bonchev–Trinajstić information content (AvgIpc) is 3.18. The van der Waals surface area contributed by atoms with E-state index in [4.69, 9.17) is 4.74 Å². The van der Waals surface area contributed by atoms with Crippen LogP contribution in [0.1, 0.15) is 32.3 Å². The smallest absolute Gasteiger partial charge is 0.0829 e. The molecule has 0 bridgehead atoms. The first-order valence-corrected chi connectivity index (χ1v) is 9.12. The maximum atomic E-state index is 5.97. The minimum absolute atomic E-state index is 0.346. The zero-order valence-electron chi connectivity index (χ0n) is 14.9. The predicted molar refractivity (Wildman–Crippen MR) is 92.3 cm³/mol. The van der Waals surface area contributed by atoms with E-state index in [2.05, 4.69) is 46.7 Å². The van der Waals surface area contributed by atoms with E-state index in [0.29, 0.717) is 12.0 Å². The highest BCUT2D eigenvalue weighted by Crippen LogP contribution is 2.30.